The summed E-state index contributed by atoms with van der Waals surface area (Å²) in [4.78, 5) is 0.123. The molecule has 0 aromatic heterocycles. The van der Waals surface area contributed by atoms with Crippen molar-refractivity contribution in [2.24, 2.45) is 5.73 Å². The number of benzene rings is 2. The van der Waals surface area contributed by atoms with Gasteiger partial charge in [0, 0.05) is 6.07 Å². The van der Waals surface area contributed by atoms with Crippen LogP contribution in [0.2, 0.25) is 5.02 Å². The Hall–Kier alpha value is -1.17. The van der Waals surface area contributed by atoms with Crippen LogP contribution in [-0.2, 0) is 0 Å². The van der Waals surface area contributed by atoms with Crippen LogP contribution in [0.25, 0.3) is 0 Å². The lowest BCUT2D eigenvalue weighted by atomic mass is 10.2. The van der Waals surface area contributed by atoms with Crippen LogP contribution in [0.4, 0.5) is 4.39 Å². The lowest BCUT2D eigenvalue weighted by Gasteiger charge is -2.11. The van der Waals surface area contributed by atoms with Gasteiger partial charge in [-0.3, -0.25) is 0 Å². The molecule has 0 aliphatic rings. The summed E-state index contributed by atoms with van der Waals surface area (Å²) in [5, 5.41) is 0.391. The van der Waals surface area contributed by atoms with Gasteiger partial charge >= 0.3 is 0 Å². The minimum Gasteiger partial charge on any atom is -0.456 e. The number of hydrogen-bond donors (Lipinski definition) is 1. The largest absolute Gasteiger partial charge is 0.456 e. The molecule has 19 heavy (non-hydrogen) atoms. The number of rotatable bonds is 3. The first-order valence-corrected chi connectivity index (χ1v) is 6.78. The van der Waals surface area contributed by atoms with E-state index in [0.717, 1.165) is 0 Å². The van der Waals surface area contributed by atoms with E-state index in [9.17, 15) is 4.39 Å². The molecule has 2 rings (SSSR count). The van der Waals surface area contributed by atoms with Crippen LogP contribution < -0.4 is 10.5 Å². The van der Waals surface area contributed by atoms with Crippen molar-refractivity contribution in [3.8, 4) is 11.5 Å². The van der Waals surface area contributed by atoms with E-state index >= 15 is 0 Å². The summed E-state index contributed by atoms with van der Waals surface area (Å²) < 4.78 is 19.4. The third kappa shape index (κ3) is 3.23. The molecule has 0 saturated heterocycles. The van der Waals surface area contributed by atoms with Crippen LogP contribution in [0.3, 0.4) is 0 Å². The Balaban J connectivity index is 2.40. The molecule has 0 spiro atoms. The zero-order valence-corrected chi connectivity index (χ0v) is 12.7. The highest BCUT2D eigenvalue weighted by Crippen LogP contribution is 2.31. The van der Waals surface area contributed by atoms with Crippen LogP contribution in [0.15, 0.2) is 40.9 Å². The molecule has 2 nitrogen and oxygen atoms in total. The van der Waals surface area contributed by atoms with Crippen molar-refractivity contribution in [3.05, 3.63) is 57.3 Å². The number of nitrogens with two attached hydrogens (primary N) is 1. The summed E-state index contributed by atoms with van der Waals surface area (Å²) in [6.45, 7) is 0. The van der Waals surface area contributed by atoms with Gasteiger partial charge < -0.3 is 10.5 Å². The van der Waals surface area contributed by atoms with E-state index in [-0.39, 0.29) is 4.99 Å². The Kier molecular flexibility index (Phi) is 4.39. The zero-order chi connectivity index (χ0) is 14.0. The Morgan fingerprint density at radius 3 is 2.68 bits per heavy atom. The second kappa shape index (κ2) is 5.86. The van der Waals surface area contributed by atoms with Crippen LogP contribution in [0.5, 0.6) is 11.5 Å². The van der Waals surface area contributed by atoms with Gasteiger partial charge in [-0.25, -0.2) is 4.39 Å². The Bertz CT molecular complexity index is 651. The standard InChI is InChI=1S/C13H8BrClFNOS/c14-8-5-4-7(6-10(8)16)18-11-3-1-2-9(15)12(11)13(17)19/h1-6H,(H2,17,19). The van der Waals surface area contributed by atoms with Crippen LogP contribution in [0.1, 0.15) is 5.56 Å². The second-order valence-electron chi connectivity index (χ2n) is 3.66. The maximum Gasteiger partial charge on any atom is 0.141 e. The SMILES string of the molecule is NC(=S)c1c(Cl)cccc1Oc1ccc(Br)c(F)c1. The highest BCUT2D eigenvalue weighted by Gasteiger charge is 2.12. The third-order valence-corrected chi connectivity index (χ3v) is 3.50. The molecule has 6 heteroatoms. The summed E-state index contributed by atoms with van der Waals surface area (Å²) in [6.07, 6.45) is 0. The van der Waals surface area contributed by atoms with Gasteiger partial charge in [0.25, 0.3) is 0 Å². The smallest absolute Gasteiger partial charge is 0.141 e. The minimum absolute atomic E-state index is 0.123. The molecule has 0 aliphatic heterocycles. The molecule has 0 aliphatic carbocycles. The predicted molar refractivity (Wildman–Crippen MR) is 81.5 cm³/mol. The van der Waals surface area contributed by atoms with E-state index in [1.54, 1.807) is 30.3 Å². The fourth-order valence-electron chi connectivity index (χ4n) is 1.50. The van der Waals surface area contributed by atoms with Gasteiger partial charge in [0.15, 0.2) is 0 Å². The van der Waals surface area contributed by atoms with Crippen molar-refractivity contribution in [3.63, 3.8) is 0 Å². The lowest BCUT2D eigenvalue weighted by Crippen LogP contribution is -2.11. The molecule has 0 radical (unpaired) electrons. The van der Waals surface area contributed by atoms with Crippen molar-refractivity contribution < 1.29 is 9.13 Å². The van der Waals surface area contributed by atoms with Gasteiger partial charge in [-0.05, 0) is 40.2 Å². The Labute approximate surface area is 128 Å². The minimum atomic E-state index is -0.420. The lowest BCUT2D eigenvalue weighted by molar-refractivity contribution is 0.475. The van der Waals surface area contributed by atoms with Crippen molar-refractivity contribution in [1.29, 1.82) is 0 Å². The average Bonchev–Trinajstić information content (AvgIpc) is 2.33. The summed E-state index contributed by atoms with van der Waals surface area (Å²) in [5.74, 6) is 0.304. The zero-order valence-electron chi connectivity index (χ0n) is 9.49. The second-order valence-corrected chi connectivity index (χ2v) is 5.36. The van der Waals surface area contributed by atoms with Gasteiger partial charge in [-0.2, -0.15) is 0 Å². The van der Waals surface area contributed by atoms with Crippen LogP contribution >= 0.6 is 39.7 Å². The molecule has 0 saturated carbocycles. The van der Waals surface area contributed by atoms with E-state index in [4.69, 9.17) is 34.3 Å². The molecular weight excluding hydrogens is 353 g/mol. The first-order valence-electron chi connectivity index (χ1n) is 5.20. The molecule has 2 aromatic carbocycles. The summed E-state index contributed by atoms with van der Waals surface area (Å²) in [7, 11) is 0. The van der Waals surface area contributed by atoms with E-state index in [1.165, 1.54) is 6.07 Å². The maximum absolute atomic E-state index is 13.4. The molecule has 0 atom stereocenters. The van der Waals surface area contributed by atoms with Crippen LogP contribution in [-0.4, -0.2) is 4.99 Å². The molecule has 0 fully saturated rings. The monoisotopic (exact) mass is 359 g/mol. The summed E-state index contributed by atoms with van der Waals surface area (Å²) in [6, 6.07) is 9.46. The molecule has 0 bridgehead atoms. The molecule has 2 aromatic rings. The molecule has 0 amide bonds. The van der Waals surface area contributed by atoms with Gasteiger partial charge in [-0.15, -0.1) is 0 Å². The molecule has 98 valence electrons. The first-order chi connectivity index (χ1) is 8.99. The first kappa shape index (κ1) is 14.2. The van der Waals surface area contributed by atoms with Gasteiger partial charge in [0.1, 0.15) is 22.3 Å². The summed E-state index contributed by atoms with van der Waals surface area (Å²) in [5.41, 5.74) is 6.04. The molecule has 0 heterocycles. The van der Waals surface area contributed by atoms with E-state index in [0.29, 0.717) is 26.6 Å². The van der Waals surface area contributed by atoms with Gasteiger partial charge in [0.05, 0.1) is 15.1 Å². The van der Waals surface area contributed by atoms with Crippen LogP contribution in [0, 0.1) is 5.82 Å². The van der Waals surface area contributed by atoms with Crippen molar-refractivity contribution in [2.45, 2.75) is 0 Å². The predicted octanol–water partition coefficient (Wildman–Crippen LogP) is 4.67. The highest BCUT2D eigenvalue weighted by molar-refractivity contribution is 9.10. The molecule has 0 unspecified atom stereocenters. The average molecular weight is 361 g/mol. The van der Waals surface area contributed by atoms with E-state index in [2.05, 4.69) is 15.9 Å². The number of hydrogen-bond acceptors (Lipinski definition) is 2. The van der Waals surface area contributed by atoms with Crippen molar-refractivity contribution in [1.82, 2.24) is 0 Å². The highest BCUT2D eigenvalue weighted by atomic mass is 79.9. The number of thiocarbonyl (C=S) groups is 1. The van der Waals surface area contributed by atoms with E-state index in [1.807, 2.05) is 0 Å². The Morgan fingerprint density at radius 1 is 1.32 bits per heavy atom. The van der Waals surface area contributed by atoms with Crippen molar-refractivity contribution >= 4 is 44.7 Å². The summed E-state index contributed by atoms with van der Waals surface area (Å²) >= 11 is 14.0. The van der Waals surface area contributed by atoms with Gasteiger partial charge in [-0.1, -0.05) is 29.9 Å². The normalized spacial score (nSPS) is 10.3. The maximum atomic E-state index is 13.4. The van der Waals surface area contributed by atoms with Gasteiger partial charge in [0.2, 0.25) is 0 Å². The van der Waals surface area contributed by atoms with Crippen molar-refractivity contribution in [2.75, 3.05) is 0 Å². The third-order valence-electron chi connectivity index (χ3n) is 2.34. The number of ether oxygens (including phenoxy) is 1. The molecular formula is C13H8BrClFNOS. The van der Waals surface area contributed by atoms with E-state index < -0.39 is 5.82 Å². The topological polar surface area (TPSA) is 35.2 Å². The Morgan fingerprint density at radius 2 is 2.05 bits per heavy atom. The molecule has 2 N–H and O–H groups in total. The number of halogens is 3. The fourth-order valence-corrected chi connectivity index (χ4v) is 2.28. The quantitative estimate of drug-likeness (QED) is 0.808. The fraction of sp³-hybridized carbons (Fsp3) is 0.